The van der Waals surface area contributed by atoms with E-state index in [1.807, 2.05) is 0 Å². The summed E-state index contributed by atoms with van der Waals surface area (Å²) >= 11 is 8.28. The van der Waals surface area contributed by atoms with E-state index in [1.165, 1.54) is 19.4 Å². The van der Waals surface area contributed by atoms with Crippen molar-refractivity contribution in [3.63, 3.8) is 0 Å². The third-order valence-electron chi connectivity index (χ3n) is 14.5. The summed E-state index contributed by atoms with van der Waals surface area (Å²) in [4.78, 5) is 238. The lowest BCUT2D eigenvalue weighted by atomic mass is 10.1. The lowest BCUT2D eigenvalue weighted by Gasteiger charge is -2.30. The Balaban J connectivity index is 2.28. The van der Waals surface area contributed by atoms with Crippen molar-refractivity contribution in [3.8, 4) is 0 Å². The summed E-state index contributed by atoms with van der Waals surface area (Å²) in [5.41, 5.74) is 32.4. The molecule has 2 heterocycles. The molecule has 0 unspecified atom stereocenters. The second-order valence-corrected chi connectivity index (χ2v) is 23.4. The van der Waals surface area contributed by atoms with Gasteiger partial charge in [-0.25, -0.2) is 9.78 Å². The van der Waals surface area contributed by atoms with Crippen molar-refractivity contribution >= 4 is 138 Å². The number of aromatic nitrogens is 2. The van der Waals surface area contributed by atoms with Crippen LogP contribution in [0.3, 0.4) is 0 Å². The SMILES string of the molecule is C[C@H](N)C(=O)N[C@@H](CCCN=C(N)N)C(=O)N[C@@H](CC(=O)O)C(=O)N[C@@H](CC(=O)O)C(=O)N1CCC[C@H]1C(=O)N[C@@H](Cc1cnc[nH]1)C(=O)N[C@@H](CS)C(=O)N[C@@H](CS)C(=O)N[C@@H](CO)C(=O)N[C@@H](C)C(=O)N[C@@H](CCC(N)=O)C(=O)N[C@@H](CC(=O)O)C(=O)N[C@@H](CCCN=C(N)N)C(=O)O. The number of hydrogen-bond donors (Lipinski definition) is 25. The van der Waals surface area contributed by atoms with Gasteiger partial charge in [0.25, 0.3) is 0 Å². The van der Waals surface area contributed by atoms with Gasteiger partial charge >= 0.3 is 23.9 Å². The molecule has 0 saturated carbocycles. The van der Waals surface area contributed by atoms with Crippen LogP contribution in [0.4, 0.5) is 0 Å². The fraction of sp³-hybridized carbons (Fsp3) is 0.600. The zero-order valence-electron chi connectivity index (χ0n) is 54.7. The number of rotatable bonds is 46. The van der Waals surface area contributed by atoms with Gasteiger partial charge in [0.1, 0.15) is 72.5 Å². The average Bonchev–Trinajstić information content (AvgIpc) is 1.72. The van der Waals surface area contributed by atoms with Crippen LogP contribution < -0.4 is 92.9 Å². The number of carbonyl (C=O) groups is 17. The Morgan fingerprint density at radius 3 is 1.39 bits per heavy atom. The summed E-state index contributed by atoms with van der Waals surface area (Å²) in [6, 6.07) is -21.9. The molecule has 1 aliphatic heterocycles. The number of aliphatic hydroxyl groups excluding tert-OH is 1. The Kier molecular flexibility index (Phi) is 37.4. The summed E-state index contributed by atoms with van der Waals surface area (Å²) in [6.07, 6.45) is -2.64. The van der Waals surface area contributed by atoms with Crippen LogP contribution in [0, 0.1) is 0 Å². The number of carboxylic acids is 4. The highest BCUT2D eigenvalue weighted by atomic mass is 32.1. The molecule has 13 atom stereocenters. The van der Waals surface area contributed by atoms with Crippen molar-refractivity contribution in [2.45, 2.75) is 169 Å². The Morgan fingerprint density at radius 2 is 0.941 bits per heavy atom. The van der Waals surface area contributed by atoms with Gasteiger partial charge in [-0.15, -0.1) is 0 Å². The summed E-state index contributed by atoms with van der Waals surface area (Å²) in [5, 5.41) is 73.6. The minimum Gasteiger partial charge on any atom is -0.481 e. The number of thiol groups is 2. The molecule has 0 aromatic carbocycles. The van der Waals surface area contributed by atoms with Crippen molar-refractivity contribution in [2.75, 3.05) is 37.7 Å². The fourth-order valence-corrected chi connectivity index (χ4v) is 9.81. The molecule has 0 aliphatic carbocycles. The number of aromatic amines is 1. The number of nitrogens with one attached hydrogen (secondary N) is 12. The number of carbonyl (C=O) groups excluding carboxylic acids is 13. The Labute approximate surface area is 585 Å². The monoisotopic (exact) mass is 1470 g/mol. The quantitative estimate of drug-likeness (QED) is 0.0125. The molecule has 101 heavy (non-hydrogen) atoms. The third-order valence-corrected chi connectivity index (χ3v) is 15.3. The van der Waals surface area contributed by atoms with Gasteiger partial charge < -0.3 is 128 Å². The first-order valence-electron chi connectivity index (χ1n) is 30.9. The lowest BCUT2D eigenvalue weighted by Crippen LogP contribution is -2.61. The summed E-state index contributed by atoms with van der Waals surface area (Å²) in [6.45, 7) is 0.947. The van der Waals surface area contributed by atoms with Crippen LogP contribution in [0.1, 0.15) is 90.2 Å². The first kappa shape index (κ1) is 86.4. The maximum Gasteiger partial charge on any atom is 0.326 e. The smallest absolute Gasteiger partial charge is 0.326 e. The van der Waals surface area contributed by atoms with Gasteiger partial charge in [0.2, 0.25) is 76.8 Å². The van der Waals surface area contributed by atoms with Gasteiger partial charge in [-0.1, -0.05) is 0 Å². The van der Waals surface area contributed by atoms with Crippen LogP contribution in [0.25, 0.3) is 0 Å². The van der Waals surface area contributed by atoms with E-state index in [1.54, 1.807) is 0 Å². The summed E-state index contributed by atoms with van der Waals surface area (Å²) in [7, 11) is 0. The Hall–Kier alpha value is -10.6. The molecule has 0 bridgehead atoms. The minimum absolute atomic E-state index is 0.0158. The number of hydrogen-bond acceptors (Lipinski definition) is 24. The van der Waals surface area contributed by atoms with Crippen LogP contribution in [-0.4, -0.2) is 269 Å². The standard InChI is InChI=1S/C55H88N22O22S2/c1-23(56)41(86)67-26(6-3-11-63-54(58)59)43(88)70-31(16-39(82)83)47(92)73-32(17-40(84)85)52(97)77-13-5-8-36(77)51(96)72-29(14-25-18-62-22-65-25)45(90)75-35(21-101)50(95)76-34(20-100)49(94)74-33(19-78)48(93)66-24(2)42(87)68-27(9-10-37(57)79)44(89)71-30(15-38(80)81)46(91)69-28(53(98)99)7-4-12-64-55(60)61/h18,22-24,26-36,78,100-101H,3-17,19-21,56H2,1-2H3,(H2,57,79)(H,62,65)(H,66,93)(H,67,86)(H,68,87)(H,69,91)(H,70,88)(H,71,89)(H,72,96)(H,73,92)(H,74,94)(H,75,90)(H,76,95)(H,80,81)(H,82,83)(H,84,85)(H,98,99)(H4,58,59,63)(H4,60,61,64)/t23-,24-,26-,27-,28-,29-,30-,31-,32-,33-,34-,35-,36-/m0/s1. The molecule has 46 heteroatoms. The number of primary amides is 1. The van der Waals surface area contributed by atoms with E-state index in [0.717, 1.165) is 11.8 Å². The van der Waals surface area contributed by atoms with E-state index in [-0.39, 0.29) is 82.2 Å². The van der Waals surface area contributed by atoms with Crippen LogP contribution in [0.5, 0.6) is 0 Å². The van der Waals surface area contributed by atoms with E-state index in [9.17, 15) is 107 Å². The van der Waals surface area contributed by atoms with Crippen molar-refractivity contribution in [1.82, 2.24) is 73.4 Å². The number of aliphatic imine (C=N–C) groups is 2. The zero-order chi connectivity index (χ0) is 76.4. The van der Waals surface area contributed by atoms with Gasteiger partial charge in [-0.05, 0) is 58.8 Å². The van der Waals surface area contributed by atoms with Crippen molar-refractivity contribution in [2.24, 2.45) is 44.4 Å². The number of nitrogens with two attached hydrogens (primary N) is 6. The van der Waals surface area contributed by atoms with Crippen molar-refractivity contribution in [3.05, 3.63) is 18.2 Å². The highest BCUT2D eigenvalue weighted by Crippen LogP contribution is 2.21. The number of amides is 13. The molecule has 0 radical (unpaired) electrons. The average molecular weight is 1470 g/mol. The van der Waals surface area contributed by atoms with Crippen LogP contribution in [0.2, 0.25) is 0 Å². The number of H-pyrrole nitrogens is 1. The number of carboxylic acid groups (broad SMARTS) is 4. The molecule has 44 nitrogen and oxygen atoms in total. The minimum atomic E-state index is -2.01. The molecule has 2 rings (SSSR count). The number of imidazole rings is 1. The molecular weight excluding hydrogens is 1380 g/mol. The third kappa shape index (κ3) is 31.4. The number of aliphatic carboxylic acids is 4. The van der Waals surface area contributed by atoms with Crippen molar-refractivity contribution in [1.29, 1.82) is 0 Å². The molecule has 1 aromatic heterocycles. The maximum absolute atomic E-state index is 14.3. The second kappa shape index (κ2) is 43.7. The normalized spacial score (nSPS) is 15.9. The number of nitrogens with zero attached hydrogens (tertiary/aromatic N) is 4. The van der Waals surface area contributed by atoms with E-state index in [4.69, 9.17) is 34.4 Å². The molecule has 13 amide bonds. The predicted octanol–water partition coefficient (Wildman–Crippen LogP) is -11.6. The van der Waals surface area contributed by atoms with Gasteiger partial charge in [0.15, 0.2) is 11.9 Å². The first-order valence-corrected chi connectivity index (χ1v) is 32.2. The topological polar surface area (TPSA) is 736 Å². The van der Waals surface area contributed by atoms with Crippen LogP contribution in [-0.2, 0) is 87.9 Å². The Morgan fingerprint density at radius 1 is 0.535 bits per heavy atom. The number of guanidine groups is 2. The van der Waals surface area contributed by atoms with Gasteiger partial charge in [0, 0.05) is 55.9 Å². The molecule has 1 aliphatic rings. The Bertz CT molecular complexity index is 3190. The highest BCUT2D eigenvalue weighted by Gasteiger charge is 2.42. The molecule has 562 valence electrons. The zero-order valence-corrected chi connectivity index (χ0v) is 56.5. The molecule has 1 aromatic rings. The second-order valence-electron chi connectivity index (χ2n) is 22.7. The van der Waals surface area contributed by atoms with E-state index >= 15 is 0 Å². The van der Waals surface area contributed by atoms with Gasteiger partial charge in [0.05, 0.1) is 38.2 Å². The van der Waals surface area contributed by atoms with E-state index < -0.39 is 229 Å². The molecular formula is C55H88N22O22S2. The van der Waals surface area contributed by atoms with Crippen LogP contribution >= 0.6 is 25.3 Å². The van der Waals surface area contributed by atoms with E-state index in [0.29, 0.717) is 0 Å². The first-order chi connectivity index (χ1) is 47.4. The molecule has 29 N–H and O–H groups in total. The van der Waals surface area contributed by atoms with E-state index in [2.05, 4.69) is 104 Å². The highest BCUT2D eigenvalue weighted by molar-refractivity contribution is 7.80. The van der Waals surface area contributed by atoms with Gasteiger partial charge in [-0.3, -0.25) is 86.7 Å². The van der Waals surface area contributed by atoms with Crippen molar-refractivity contribution < 1.29 is 107 Å². The molecule has 1 fully saturated rings. The molecule has 1 saturated heterocycles. The van der Waals surface area contributed by atoms with Crippen LogP contribution in [0.15, 0.2) is 22.5 Å². The summed E-state index contributed by atoms with van der Waals surface area (Å²) < 4.78 is 0. The number of likely N-dealkylation sites (tertiary alicyclic amines) is 1. The molecule has 0 spiro atoms. The lowest BCUT2D eigenvalue weighted by molar-refractivity contribution is -0.147. The fourth-order valence-electron chi connectivity index (χ4n) is 9.30. The largest absolute Gasteiger partial charge is 0.481 e. The summed E-state index contributed by atoms with van der Waals surface area (Å²) in [5.74, 6) is -22.8. The maximum atomic E-state index is 14.3. The van der Waals surface area contributed by atoms with Gasteiger partial charge in [-0.2, -0.15) is 25.3 Å². The number of aliphatic hydroxyl groups is 1. The predicted molar refractivity (Wildman–Crippen MR) is 355 cm³/mol.